The molecule has 0 amide bonds. The molecule has 1 atom stereocenters. The number of hydrogen-bond acceptors (Lipinski definition) is 0. The van der Waals surface area contributed by atoms with E-state index in [1.807, 2.05) is 5.57 Å². The minimum Gasteiger partial charge on any atom is -0.0845 e. The Balaban J connectivity index is 1.66. The molecule has 18 heavy (non-hydrogen) atoms. The molecule has 5 rings (SSSR count). The standard InChI is InChI=1S/C18H28/c1-12-3-5-15(6-4-12)18(2)16-8-13-7-14(10-16)11-17(18)9-13/h5,12-14,16-17H,3-4,6-11H2,1-2H3. The van der Waals surface area contributed by atoms with E-state index >= 15 is 0 Å². The summed E-state index contributed by atoms with van der Waals surface area (Å²) in [6.45, 7) is 5.08. The Morgan fingerprint density at radius 2 is 1.61 bits per heavy atom. The lowest BCUT2D eigenvalue weighted by atomic mass is 9.43. The van der Waals surface area contributed by atoms with Crippen LogP contribution in [0, 0.1) is 35.0 Å². The summed E-state index contributed by atoms with van der Waals surface area (Å²) in [5, 5.41) is 0. The molecule has 100 valence electrons. The van der Waals surface area contributed by atoms with Crippen molar-refractivity contribution in [2.75, 3.05) is 0 Å². The Bertz CT molecular complexity index is 347. The van der Waals surface area contributed by atoms with Crippen molar-refractivity contribution < 1.29 is 0 Å². The van der Waals surface area contributed by atoms with Gasteiger partial charge in [-0.15, -0.1) is 0 Å². The molecule has 0 spiro atoms. The number of hydrogen-bond donors (Lipinski definition) is 0. The summed E-state index contributed by atoms with van der Waals surface area (Å²) >= 11 is 0. The lowest BCUT2D eigenvalue weighted by Crippen LogP contribution is -2.52. The van der Waals surface area contributed by atoms with Gasteiger partial charge in [-0.2, -0.15) is 0 Å². The lowest BCUT2D eigenvalue weighted by Gasteiger charge is -2.61. The Morgan fingerprint density at radius 3 is 2.11 bits per heavy atom. The number of rotatable bonds is 1. The minimum atomic E-state index is 0.619. The van der Waals surface area contributed by atoms with Gasteiger partial charge in [-0.3, -0.25) is 0 Å². The van der Waals surface area contributed by atoms with Crippen LogP contribution in [0.2, 0.25) is 0 Å². The van der Waals surface area contributed by atoms with Crippen LogP contribution in [0.5, 0.6) is 0 Å². The van der Waals surface area contributed by atoms with Crippen molar-refractivity contribution in [3.63, 3.8) is 0 Å². The van der Waals surface area contributed by atoms with Gasteiger partial charge in [-0.1, -0.05) is 25.5 Å². The van der Waals surface area contributed by atoms with Crippen LogP contribution in [0.3, 0.4) is 0 Å². The summed E-state index contributed by atoms with van der Waals surface area (Å²) in [6.07, 6.45) is 14.7. The first-order valence-corrected chi connectivity index (χ1v) is 8.35. The van der Waals surface area contributed by atoms with Gasteiger partial charge in [-0.05, 0) is 86.4 Å². The van der Waals surface area contributed by atoms with Gasteiger partial charge in [0.2, 0.25) is 0 Å². The van der Waals surface area contributed by atoms with Gasteiger partial charge in [0, 0.05) is 0 Å². The summed E-state index contributed by atoms with van der Waals surface area (Å²) in [5.74, 6) is 5.27. The highest BCUT2D eigenvalue weighted by Gasteiger charge is 2.55. The van der Waals surface area contributed by atoms with E-state index in [1.54, 1.807) is 32.1 Å². The zero-order valence-corrected chi connectivity index (χ0v) is 12.1. The molecular weight excluding hydrogens is 216 g/mol. The first-order valence-electron chi connectivity index (χ1n) is 8.35. The second kappa shape index (κ2) is 3.87. The monoisotopic (exact) mass is 244 g/mol. The summed E-state index contributed by atoms with van der Waals surface area (Å²) in [4.78, 5) is 0. The van der Waals surface area contributed by atoms with Crippen molar-refractivity contribution >= 4 is 0 Å². The Hall–Kier alpha value is -0.260. The molecule has 0 heterocycles. The number of allylic oxidation sites excluding steroid dienone is 2. The molecule has 0 radical (unpaired) electrons. The van der Waals surface area contributed by atoms with E-state index in [1.165, 1.54) is 19.3 Å². The van der Waals surface area contributed by atoms with E-state index < -0.39 is 0 Å². The van der Waals surface area contributed by atoms with Crippen LogP contribution < -0.4 is 0 Å². The lowest BCUT2D eigenvalue weighted by molar-refractivity contribution is -0.0795. The van der Waals surface area contributed by atoms with E-state index in [-0.39, 0.29) is 0 Å². The highest BCUT2D eigenvalue weighted by molar-refractivity contribution is 5.23. The van der Waals surface area contributed by atoms with E-state index in [9.17, 15) is 0 Å². The average Bonchev–Trinajstić information content (AvgIpc) is 2.35. The van der Waals surface area contributed by atoms with Crippen molar-refractivity contribution in [3.05, 3.63) is 11.6 Å². The Kier molecular flexibility index (Phi) is 2.48. The minimum absolute atomic E-state index is 0.619. The smallest absolute Gasteiger partial charge is 0.00595 e. The molecule has 5 aliphatic rings. The summed E-state index contributed by atoms with van der Waals surface area (Å²) < 4.78 is 0. The fourth-order valence-corrected chi connectivity index (χ4v) is 6.14. The van der Waals surface area contributed by atoms with E-state index in [0.717, 1.165) is 29.6 Å². The first kappa shape index (κ1) is 11.6. The first-order chi connectivity index (χ1) is 8.66. The summed E-state index contributed by atoms with van der Waals surface area (Å²) in [5.41, 5.74) is 2.50. The van der Waals surface area contributed by atoms with Crippen molar-refractivity contribution in [2.45, 2.75) is 65.2 Å². The van der Waals surface area contributed by atoms with Gasteiger partial charge in [-0.25, -0.2) is 0 Å². The third-order valence-corrected chi connectivity index (χ3v) is 7.20. The molecule has 5 aliphatic carbocycles. The molecule has 0 aromatic carbocycles. The van der Waals surface area contributed by atoms with Gasteiger partial charge in [0.05, 0.1) is 0 Å². The fraction of sp³-hybridized carbons (Fsp3) is 0.889. The van der Waals surface area contributed by atoms with Crippen LogP contribution in [0.25, 0.3) is 0 Å². The molecule has 0 aromatic heterocycles. The van der Waals surface area contributed by atoms with Gasteiger partial charge in [0.25, 0.3) is 0 Å². The topological polar surface area (TPSA) is 0 Å². The van der Waals surface area contributed by atoms with Crippen LogP contribution in [0.4, 0.5) is 0 Å². The second-order valence-corrected chi connectivity index (χ2v) is 8.20. The SMILES string of the molecule is CC1CC=C(C2(C)C3CC4CC(C3)CC2C4)CC1. The van der Waals surface area contributed by atoms with E-state index in [2.05, 4.69) is 19.9 Å². The predicted molar refractivity (Wildman–Crippen MR) is 76.3 cm³/mol. The maximum Gasteiger partial charge on any atom is -0.00595 e. The normalized spacial score (nSPS) is 54.6. The average molecular weight is 244 g/mol. The molecule has 1 unspecified atom stereocenters. The van der Waals surface area contributed by atoms with Crippen molar-refractivity contribution in [2.24, 2.45) is 35.0 Å². The predicted octanol–water partition coefficient (Wildman–Crippen LogP) is 5.20. The maximum atomic E-state index is 2.66. The largest absolute Gasteiger partial charge is 0.0845 e. The molecule has 0 aliphatic heterocycles. The molecule has 0 nitrogen and oxygen atoms in total. The zero-order valence-electron chi connectivity index (χ0n) is 12.1. The van der Waals surface area contributed by atoms with Gasteiger partial charge >= 0.3 is 0 Å². The van der Waals surface area contributed by atoms with Crippen molar-refractivity contribution in [1.29, 1.82) is 0 Å². The fourth-order valence-electron chi connectivity index (χ4n) is 6.14. The van der Waals surface area contributed by atoms with Crippen LogP contribution in [0.1, 0.15) is 65.2 Å². The molecule has 0 saturated heterocycles. The van der Waals surface area contributed by atoms with Crippen LogP contribution in [-0.2, 0) is 0 Å². The van der Waals surface area contributed by atoms with Crippen LogP contribution in [0.15, 0.2) is 11.6 Å². The van der Waals surface area contributed by atoms with Gasteiger partial charge < -0.3 is 0 Å². The van der Waals surface area contributed by atoms with E-state index in [4.69, 9.17) is 0 Å². The summed E-state index contributed by atoms with van der Waals surface area (Å²) in [6, 6.07) is 0. The third kappa shape index (κ3) is 1.50. The highest BCUT2D eigenvalue weighted by atomic mass is 14.6. The van der Waals surface area contributed by atoms with E-state index in [0.29, 0.717) is 5.41 Å². The van der Waals surface area contributed by atoms with Crippen LogP contribution in [-0.4, -0.2) is 0 Å². The maximum absolute atomic E-state index is 2.66. The molecule has 0 N–H and O–H groups in total. The molecule has 4 fully saturated rings. The van der Waals surface area contributed by atoms with Crippen molar-refractivity contribution in [1.82, 2.24) is 0 Å². The molecule has 4 saturated carbocycles. The molecule has 0 aromatic rings. The second-order valence-electron chi connectivity index (χ2n) is 8.20. The van der Waals surface area contributed by atoms with Gasteiger partial charge in [0.1, 0.15) is 0 Å². The Morgan fingerprint density at radius 1 is 1.00 bits per heavy atom. The third-order valence-electron chi connectivity index (χ3n) is 7.20. The molecule has 0 heteroatoms. The van der Waals surface area contributed by atoms with Crippen LogP contribution >= 0.6 is 0 Å². The molecule has 4 bridgehead atoms. The Labute approximate surface area is 112 Å². The van der Waals surface area contributed by atoms with Gasteiger partial charge in [0.15, 0.2) is 0 Å². The quantitative estimate of drug-likeness (QED) is 0.556. The summed E-state index contributed by atoms with van der Waals surface area (Å²) in [7, 11) is 0. The van der Waals surface area contributed by atoms with Crippen molar-refractivity contribution in [3.8, 4) is 0 Å². The molecular formula is C18H28. The zero-order chi connectivity index (χ0) is 12.3. The highest BCUT2D eigenvalue weighted by Crippen LogP contribution is 2.65.